The van der Waals surface area contributed by atoms with Crippen LogP contribution in [0.3, 0.4) is 0 Å². The van der Waals surface area contributed by atoms with Crippen molar-refractivity contribution in [1.82, 2.24) is 0 Å². The molecule has 0 saturated heterocycles. The average molecular weight is 352 g/mol. The third-order valence-electron chi connectivity index (χ3n) is 4.19. The largest absolute Gasteiger partial charge is 1.00 e. The molecule has 2 rings (SSSR count). The van der Waals surface area contributed by atoms with E-state index in [1.54, 1.807) is 12.1 Å². The molecule has 0 spiro atoms. The standard InChI is InChI=1S/C19H22O3S.Na/c1-14(13-15(2)17-7-5-4-6-8-17)16(3)18-9-11-19(12-10-18)23(20,21)22;/h4-13,15-16H,1-3H3,(H,20,21,22);/q;+1/p-1. The molecule has 24 heavy (non-hydrogen) atoms. The van der Waals surface area contributed by atoms with Crippen molar-refractivity contribution in [2.24, 2.45) is 0 Å². The second-order valence-corrected chi connectivity index (χ2v) is 7.23. The van der Waals surface area contributed by atoms with Crippen LogP contribution in [0, 0.1) is 0 Å². The molecule has 0 saturated carbocycles. The van der Waals surface area contributed by atoms with Crippen molar-refractivity contribution in [1.29, 1.82) is 0 Å². The van der Waals surface area contributed by atoms with E-state index in [-0.39, 0.29) is 40.4 Å². The quantitative estimate of drug-likeness (QED) is 0.465. The zero-order chi connectivity index (χ0) is 17.0. The van der Waals surface area contributed by atoms with Crippen LogP contribution in [0.5, 0.6) is 0 Å². The maximum Gasteiger partial charge on any atom is 1.00 e. The first kappa shape index (κ1) is 21.1. The van der Waals surface area contributed by atoms with Gasteiger partial charge in [-0.2, -0.15) is 0 Å². The van der Waals surface area contributed by atoms with Crippen molar-refractivity contribution in [2.75, 3.05) is 0 Å². The van der Waals surface area contributed by atoms with Crippen molar-refractivity contribution in [3.63, 3.8) is 0 Å². The summed E-state index contributed by atoms with van der Waals surface area (Å²) < 4.78 is 32.9. The smallest absolute Gasteiger partial charge is 0.744 e. The van der Waals surface area contributed by atoms with Gasteiger partial charge in [0.1, 0.15) is 10.1 Å². The van der Waals surface area contributed by atoms with Crippen LogP contribution in [-0.2, 0) is 10.1 Å². The van der Waals surface area contributed by atoms with E-state index in [0.717, 1.165) is 5.56 Å². The van der Waals surface area contributed by atoms with Gasteiger partial charge in [0.25, 0.3) is 0 Å². The minimum Gasteiger partial charge on any atom is -0.744 e. The minimum atomic E-state index is -4.39. The molecule has 0 aliphatic rings. The summed E-state index contributed by atoms with van der Waals surface area (Å²) in [6, 6.07) is 16.4. The van der Waals surface area contributed by atoms with E-state index in [4.69, 9.17) is 0 Å². The molecule has 122 valence electrons. The Bertz CT molecular complexity index is 781. The Kier molecular flexibility index (Phi) is 7.90. The summed E-state index contributed by atoms with van der Waals surface area (Å²) in [5.41, 5.74) is 3.46. The van der Waals surface area contributed by atoms with Crippen LogP contribution in [0.4, 0.5) is 0 Å². The Balaban J connectivity index is 0.00000288. The molecular weight excluding hydrogens is 331 g/mol. The molecule has 0 aliphatic carbocycles. The Labute approximate surface area is 166 Å². The monoisotopic (exact) mass is 352 g/mol. The van der Waals surface area contributed by atoms with Gasteiger partial charge in [-0.1, -0.05) is 68.0 Å². The van der Waals surface area contributed by atoms with Gasteiger partial charge in [0, 0.05) is 5.92 Å². The van der Waals surface area contributed by atoms with E-state index < -0.39 is 10.1 Å². The third kappa shape index (κ3) is 5.57. The molecule has 5 heteroatoms. The van der Waals surface area contributed by atoms with Gasteiger partial charge in [-0.25, -0.2) is 8.42 Å². The molecule has 0 amide bonds. The molecule has 0 heterocycles. The van der Waals surface area contributed by atoms with Crippen LogP contribution in [0.15, 0.2) is 71.1 Å². The van der Waals surface area contributed by atoms with Crippen molar-refractivity contribution < 1.29 is 42.5 Å². The fraction of sp³-hybridized carbons (Fsp3) is 0.263. The van der Waals surface area contributed by atoms with E-state index in [0.29, 0.717) is 5.92 Å². The first-order valence-electron chi connectivity index (χ1n) is 7.58. The predicted octanol–water partition coefficient (Wildman–Crippen LogP) is 1.45. The number of benzene rings is 2. The molecule has 3 nitrogen and oxygen atoms in total. The number of rotatable bonds is 5. The minimum absolute atomic E-state index is 0. The van der Waals surface area contributed by atoms with Gasteiger partial charge in [0.05, 0.1) is 4.90 Å². The van der Waals surface area contributed by atoms with Gasteiger partial charge in [-0.3, -0.25) is 0 Å². The summed E-state index contributed by atoms with van der Waals surface area (Å²) in [6.07, 6.45) is 2.22. The van der Waals surface area contributed by atoms with Crippen LogP contribution in [-0.4, -0.2) is 13.0 Å². The summed E-state index contributed by atoms with van der Waals surface area (Å²) >= 11 is 0. The summed E-state index contributed by atoms with van der Waals surface area (Å²) in [5, 5.41) is 0. The van der Waals surface area contributed by atoms with Crippen molar-refractivity contribution in [3.8, 4) is 0 Å². The molecule has 0 aromatic heterocycles. The molecule has 0 radical (unpaired) electrons. The zero-order valence-corrected chi connectivity index (χ0v) is 17.4. The van der Waals surface area contributed by atoms with Crippen molar-refractivity contribution >= 4 is 10.1 Å². The molecular formula is C19H21NaO3S. The van der Waals surface area contributed by atoms with E-state index in [1.165, 1.54) is 23.3 Å². The number of allylic oxidation sites excluding steroid dienone is 2. The van der Waals surface area contributed by atoms with Gasteiger partial charge in [0.15, 0.2) is 0 Å². The summed E-state index contributed by atoms with van der Waals surface area (Å²) in [7, 11) is -4.39. The fourth-order valence-electron chi connectivity index (χ4n) is 2.58. The Morgan fingerprint density at radius 1 is 0.958 bits per heavy atom. The van der Waals surface area contributed by atoms with Crippen LogP contribution in [0.25, 0.3) is 0 Å². The molecule has 2 unspecified atom stereocenters. The summed E-state index contributed by atoms with van der Waals surface area (Å²) in [4.78, 5) is -0.187. The Hall–Kier alpha value is -0.910. The van der Waals surface area contributed by atoms with Gasteiger partial charge >= 0.3 is 29.6 Å². The fourth-order valence-corrected chi connectivity index (χ4v) is 3.05. The maximum absolute atomic E-state index is 11.0. The molecule has 2 aromatic rings. The SMILES string of the molecule is CC(=CC(C)c1ccccc1)C(C)c1ccc(S(=O)(=O)[O-])cc1.[Na+]. The topological polar surface area (TPSA) is 57.2 Å². The molecule has 0 fully saturated rings. The van der Waals surface area contributed by atoms with Crippen molar-refractivity contribution in [3.05, 3.63) is 77.4 Å². The van der Waals surface area contributed by atoms with Crippen molar-refractivity contribution in [2.45, 2.75) is 37.5 Å². The van der Waals surface area contributed by atoms with Gasteiger partial charge in [-0.15, -0.1) is 0 Å². The molecule has 0 aliphatic heterocycles. The molecule has 0 bridgehead atoms. The van der Waals surface area contributed by atoms with Gasteiger partial charge < -0.3 is 4.55 Å². The molecule has 2 atom stereocenters. The third-order valence-corrected chi connectivity index (χ3v) is 5.04. The predicted molar refractivity (Wildman–Crippen MR) is 91.4 cm³/mol. The van der Waals surface area contributed by atoms with E-state index in [1.807, 2.05) is 18.2 Å². The zero-order valence-electron chi connectivity index (χ0n) is 14.6. The maximum atomic E-state index is 11.0. The first-order valence-corrected chi connectivity index (χ1v) is 8.99. The second-order valence-electron chi connectivity index (χ2n) is 5.85. The number of hydrogen-bond donors (Lipinski definition) is 0. The molecule has 0 N–H and O–H groups in total. The Morgan fingerprint density at radius 2 is 1.50 bits per heavy atom. The van der Waals surface area contributed by atoms with Crippen LogP contribution in [0.1, 0.15) is 43.7 Å². The average Bonchev–Trinajstić information content (AvgIpc) is 2.54. The van der Waals surface area contributed by atoms with E-state index in [9.17, 15) is 13.0 Å². The first-order chi connectivity index (χ1) is 10.8. The van der Waals surface area contributed by atoms with Crippen LogP contribution < -0.4 is 29.6 Å². The van der Waals surface area contributed by atoms with E-state index in [2.05, 4.69) is 39.0 Å². The normalized spacial score (nSPS) is 14.6. The Morgan fingerprint density at radius 3 is 2.00 bits per heavy atom. The molecule has 2 aromatic carbocycles. The van der Waals surface area contributed by atoms with Gasteiger partial charge in [0.2, 0.25) is 0 Å². The summed E-state index contributed by atoms with van der Waals surface area (Å²) in [5.74, 6) is 0.463. The van der Waals surface area contributed by atoms with Crippen LogP contribution >= 0.6 is 0 Å². The van der Waals surface area contributed by atoms with Crippen LogP contribution in [0.2, 0.25) is 0 Å². The van der Waals surface area contributed by atoms with E-state index >= 15 is 0 Å². The number of hydrogen-bond acceptors (Lipinski definition) is 3. The second kappa shape index (κ2) is 8.97. The van der Waals surface area contributed by atoms with Gasteiger partial charge in [-0.05, 0) is 36.1 Å². The summed E-state index contributed by atoms with van der Waals surface area (Å²) in [6.45, 7) is 6.30.